The van der Waals surface area contributed by atoms with Gasteiger partial charge in [0.25, 0.3) is 0 Å². The van der Waals surface area contributed by atoms with Gasteiger partial charge >= 0.3 is 5.97 Å². The van der Waals surface area contributed by atoms with Crippen molar-refractivity contribution in [2.24, 2.45) is 7.05 Å². The highest BCUT2D eigenvalue weighted by molar-refractivity contribution is 7.99. The lowest BCUT2D eigenvalue weighted by molar-refractivity contribution is -0.142. The van der Waals surface area contributed by atoms with E-state index in [1.165, 1.54) is 0 Å². The van der Waals surface area contributed by atoms with E-state index in [2.05, 4.69) is 5.10 Å². The Morgan fingerprint density at radius 2 is 2.47 bits per heavy atom. The van der Waals surface area contributed by atoms with E-state index in [1.807, 2.05) is 29.6 Å². The summed E-state index contributed by atoms with van der Waals surface area (Å²) in [5, 5.41) is 13.5. The first-order valence-corrected chi connectivity index (χ1v) is 6.77. The third-order valence-electron chi connectivity index (χ3n) is 2.99. The minimum Gasteiger partial charge on any atom is -0.480 e. The zero-order valence-corrected chi connectivity index (χ0v) is 10.9. The second-order valence-electron chi connectivity index (χ2n) is 4.30. The highest BCUT2D eigenvalue weighted by Crippen LogP contribution is 2.19. The van der Waals surface area contributed by atoms with Crippen LogP contribution in [0.2, 0.25) is 0 Å². The van der Waals surface area contributed by atoms with Crippen molar-refractivity contribution in [2.75, 3.05) is 18.1 Å². The molecule has 1 unspecified atom stereocenters. The summed E-state index contributed by atoms with van der Waals surface area (Å²) in [5.41, 5.74) is 2.04. The average molecular weight is 255 g/mol. The predicted molar refractivity (Wildman–Crippen MR) is 67.1 cm³/mol. The standard InChI is InChI=1S/C11H17N3O2S/c1-8-5-9(13(2)12-8)6-14-3-4-17-7-10(14)11(15)16/h5,10H,3-4,6-7H2,1-2H3,(H,15,16). The molecule has 1 saturated heterocycles. The van der Waals surface area contributed by atoms with Gasteiger partial charge in [0.1, 0.15) is 6.04 Å². The van der Waals surface area contributed by atoms with Crippen LogP contribution in [0.4, 0.5) is 0 Å². The highest BCUT2D eigenvalue weighted by Gasteiger charge is 2.29. The molecular weight excluding hydrogens is 238 g/mol. The van der Waals surface area contributed by atoms with Crippen molar-refractivity contribution in [3.05, 3.63) is 17.5 Å². The first kappa shape index (κ1) is 12.4. The number of rotatable bonds is 3. The monoisotopic (exact) mass is 255 g/mol. The molecule has 6 heteroatoms. The number of hydrogen-bond donors (Lipinski definition) is 1. The van der Waals surface area contributed by atoms with Gasteiger partial charge in [-0.1, -0.05) is 0 Å². The summed E-state index contributed by atoms with van der Waals surface area (Å²) in [6.45, 7) is 3.44. The van der Waals surface area contributed by atoms with E-state index in [9.17, 15) is 9.90 Å². The van der Waals surface area contributed by atoms with Crippen LogP contribution in [0, 0.1) is 6.92 Å². The van der Waals surface area contributed by atoms with Gasteiger partial charge in [-0.25, -0.2) is 0 Å². The van der Waals surface area contributed by atoms with Crippen LogP contribution < -0.4 is 0 Å². The van der Waals surface area contributed by atoms with E-state index in [0.717, 1.165) is 23.7 Å². The van der Waals surface area contributed by atoms with Crippen LogP contribution in [-0.4, -0.2) is 49.8 Å². The summed E-state index contributed by atoms with van der Waals surface area (Å²) in [6.07, 6.45) is 0. The molecule has 0 aromatic carbocycles. The molecule has 0 spiro atoms. The zero-order chi connectivity index (χ0) is 12.4. The zero-order valence-electron chi connectivity index (χ0n) is 10.1. The first-order valence-electron chi connectivity index (χ1n) is 5.62. The van der Waals surface area contributed by atoms with E-state index in [-0.39, 0.29) is 6.04 Å². The normalized spacial score (nSPS) is 21.6. The van der Waals surface area contributed by atoms with Crippen LogP contribution in [-0.2, 0) is 18.4 Å². The number of carbonyl (C=O) groups is 1. The molecule has 1 aliphatic heterocycles. The number of aryl methyl sites for hydroxylation is 2. The largest absolute Gasteiger partial charge is 0.480 e. The van der Waals surface area contributed by atoms with Crippen molar-refractivity contribution in [1.82, 2.24) is 14.7 Å². The first-order chi connectivity index (χ1) is 8.08. The molecule has 2 rings (SSSR count). The van der Waals surface area contributed by atoms with Crippen LogP contribution in [0.25, 0.3) is 0 Å². The Balaban J connectivity index is 2.10. The Hall–Kier alpha value is -1.01. The van der Waals surface area contributed by atoms with Gasteiger partial charge in [-0.15, -0.1) is 0 Å². The molecule has 1 aromatic rings. The fourth-order valence-electron chi connectivity index (χ4n) is 2.08. The molecular formula is C11H17N3O2S. The molecule has 0 bridgehead atoms. The van der Waals surface area contributed by atoms with E-state index in [1.54, 1.807) is 11.8 Å². The average Bonchev–Trinajstić information content (AvgIpc) is 2.58. The van der Waals surface area contributed by atoms with Crippen LogP contribution in [0.15, 0.2) is 6.07 Å². The van der Waals surface area contributed by atoms with Crippen LogP contribution in [0.5, 0.6) is 0 Å². The second-order valence-corrected chi connectivity index (χ2v) is 5.45. The maximum Gasteiger partial charge on any atom is 0.321 e. The number of nitrogens with zero attached hydrogens (tertiary/aromatic N) is 3. The minimum atomic E-state index is -0.726. The SMILES string of the molecule is Cc1cc(CN2CCSCC2C(=O)O)n(C)n1. The lowest BCUT2D eigenvalue weighted by Crippen LogP contribution is -2.46. The maximum atomic E-state index is 11.2. The number of thioether (sulfide) groups is 1. The number of carboxylic acid groups (broad SMARTS) is 1. The molecule has 1 atom stereocenters. The molecule has 5 nitrogen and oxygen atoms in total. The van der Waals surface area contributed by atoms with Crippen molar-refractivity contribution < 1.29 is 9.90 Å². The van der Waals surface area contributed by atoms with E-state index in [4.69, 9.17) is 0 Å². The third kappa shape index (κ3) is 2.81. The molecule has 1 fully saturated rings. The molecule has 0 saturated carbocycles. The van der Waals surface area contributed by atoms with Crippen LogP contribution in [0.3, 0.4) is 0 Å². The Kier molecular flexibility index (Phi) is 3.73. The van der Waals surface area contributed by atoms with Gasteiger partial charge in [-0.2, -0.15) is 16.9 Å². The smallest absolute Gasteiger partial charge is 0.321 e. The Labute approximate surface area is 105 Å². The molecule has 2 heterocycles. The second kappa shape index (κ2) is 5.10. The minimum absolute atomic E-state index is 0.371. The van der Waals surface area contributed by atoms with Crippen molar-refractivity contribution in [3.8, 4) is 0 Å². The fourth-order valence-corrected chi connectivity index (χ4v) is 3.18. The van der Waals surface area contributed by atoms with E-state index >= 15 is 0 Å². The Morgan fingerprint density at radius 1 is 1.71 bits per heavy atom. The lowest BCUT2D eigenvalue weighted by atomic mass is 10.2. The summed E-state index contributed by atoms with van der Waals surface area (Å²) in [4.78, 5) is 13.2. The summed E-state index contributed by atoms with van der Waals surface area (Å²) in [7, 11) is 1.90. The number of aromatic nitrogens is 2. The van der Waals surface area contributed by atoms with Gasteiger partial charge < -0.3 is 5.11 Å². The number of hydrogen-bond acceptors (Lipinski definition) is 4. The summed E-state index contributed by atoms with van der Waals surface area (Å²) in [6, 6.07) is 1.64. The molecule has 0 amide bonds. The van der Waals surface area contributed by atoms with Crippen molar-refractivity contribution >= 4 is 17.7 Å². The topological polar surface area (TPSA) is 58.4 Å². The fraction of sp³-hybridized carbons (Fsp3) is 0.636. The summed E-state index contributed by atoms with van der Waals surface area (Å²) >= 11 is 1.71. The quantitative estimate of drug-likeness (QED) is 0.863. The maximum absolute atomic E-state index is 11.2. The van der Waals surface area contributed by atoms with Gasteiger partial charge in [0, 0.05) is 31.6 Å². The van der Waals surface area contributed by atoms with Gasteiger partial charge in [0.2, 0.25) is 0 Å². The van der Waals surface area contributed by atoms with Gasteiger partial charge in [0.05, 0.1) is 11.4 Å². The Bertz CT molecular complexity index is 419. The number of aliphatic carboxylic acids is 1. The van der Waals surface area contributed by atoms with Crippen molar-refractivity contribution in [2.45, 2.75) is 19.5 Å². The van der Waals surface area contributed by atoms with Gasteiger partial charge in [-0.05, 0) is 13.0 Å². The van der Waals surface area contributed by atoms with Crippen molar-refractivity contribution in [3.63, 3.8) is 0 Å². The third-order valence-corrected chi connectivity index (χ3v) is 4.01. The van der Waals surface area contributed by atoms with E-state index in [0.29, 0.717) is 12.3 Å². The molecule has 17 heavy (non-hydrogen) atoms. The van der Waals surface area contributed by atoms with Crippen molar-refractivity contribution in [1.29, 1.82) is 0 Å². The molecule has 1 aliphatic rings. The lowest BCUT2D eigenvalue weighted by Gasteiger charge is -2.32. The van der Waals surface area contributed by atoms with Gasteiger partial charge in [0.15, 0.2) is 0 Å². The summed E-state index contributed by atoms with van der Waals surface area (Å²) in [5.74, 6) is 0.948. The van der Waals surface area contributed by atoms with Crippen LogP contribution >= 0.6 is 11.8 Å². The van der Waals surface area contributed by atoms with E-state index < -0.39 is 5.97 Å². The molecule has 0 radical (unpaired) electrons. The summed E-state index contributed by atoms with van der Waals surface area (Å²) < 4.78 is 1.83. The molecule has 0 aliphatic carbocycles. The predicted octanol–water partition coefficient (Wildman–Crippen LogP) is 0.731. The Morgan fingerprint density at radius 3 is 3.06 bits per heavy atom. The number of carboxylic acids is 1. The van der Waals surface area contributed by atoms with Gasteiger partial charge in [-0.3, -0.25) is 14.4 Å². The van der Waals surface area contributed by atoms with Crippen LogP contribution in [0.1, 0.15) is 11.4 Å². The molecule has 94 valence electrons. The molecule has 1 N–H and O–H groups in total. The molecule has 1 aromatic heterocycles. The highest BCUT2D eigenvalue weighted by atomic mass is 32.2.